The molecule has 0 saturated heterocycles. The van der Waals surface area contributed by atoms with E-state index in [0.29, 0.717) is 10.7 Å². The Morgan fingerprint density at radius 2 is 2.23 bits per heavy atom. The third kappa shape index (κ3) is 1.55. The average molecular weight is 197 g/mol. The summed E-state index contributed by atoms with van der Waals surface area (Å²) in [7, 11) is 0. The van der Waals surface area contributed by atoms with Crippen molar-refractivity contribution >= 4 is 11.6 Å². The van der Waals surface area contributed by atoms with Crippen LogP contribution in [0.4, 0.5) is 4.39 Å². The molecular weight excluding hydrogens is 191 g/mol. The minimum absolute atomic E-state index is 0.283. The second kappa shape index (κ2) is 3.18. The van der Waals surface area contributed by atoms with Crippen molar-refractivity contribution < 1.29 is 4.39 Å². The zero-order chi connectivity index (χ0) is 9.26. The molecule has 0 fully saturated rings. The Morgan fingerprint density at radius 1 is 1.38 bits per heavy atom. The SMILES string of the molecule is Fc1cccc(-c2cn[nH]c2Cl)c1. The summed E-state index contributed by atoms with van der Waals surface area (Å²) < 4.78 is 12.8. The molecule has 2 rings (SSSR count). The summed E-state index contributed by atoms with van der Waals surface area (Å²) in [5.74, 6) is -0.283. The summed E-state index contributed by atoms with van der Waals surface area (Å²) in [5, 5.41) is 6.75. The zero-order valence-electron chi connectivity index (χ0n) is 6.59. The normalized spacial score (nSPS) is 10.3. The van der Waals surface area contributed by atoms with Crippen LogP contribution in [-0.4, -0.2) is 10.2 Å². The van der Waals surface area contributed by atoms with Crippen LogP contribution in [0.15, 0.2) is 30.5 Å². The van der Waals surface area contributed by atoms with Crippen LogP contribution in [0, 0.1) is 5.82 Å². The molecule has 1 heterocycles. The van der Waals surface area contributed by atoms with Crippen molar-refractivity contribution in [2.45, 2.75) is 0 Å². The van der Waals surface area contributed by atoms with Gasteiger partial charge >= 0.3 is 0 Å². The minimum atomic E-state index is -0.283. The van der Waals surface area contributed by atoms with E-state index in [4.69, 9.17) is 11.6 Å². The number of aromatic nitrogens is 2. The van der Waals surface area contributed by atoms with Gasteiger partial charge in [-0.25, -0.2) is 4.39 Å². The maximum absolute atomic E-state index is 12.8. The van der Waals surface area contributed by atoms with Gasteiger partial charge in [0.2, 0.25) is 0 Å². The standard InChI is InChI=1S/C9H6ClFN2/c10-9-8(5-12-13-9)6-2-1-3-7(11)4-6/h1-5H,(H,12,13). The molecule has 0 spiro atoms. The summed E-state index contributed by atoms with van der Waals surface area (Å²) in [6.07, 6.45) is 1.57. The third-order valence-electron chi connectivity index (χ3n) is 1.73. The first-order valence-corrected chi connectivity index (χ1v) is 4.10. The van der Waals surface area contributed by atoms with Gasteiger partial charge in [0.05, 0.1) is 6.20 Å². The molecule has 0 radical (unpaired) electrons. The van der Waals surface area contributed by atoms with Crippen molar-refractivity contribution in [1.82, 2.24) is 10.2 Å². The van der Waals surface area contributed by atoms with E-state index in [1.165, 1.54) is 12.1 Å². The quantitative estimate of drug-likeness (QED) is 0.747. The maximum Gasteiger partial charge on any atom is 0.132 e. The van der Waals surface area contributed by atoms with Crippen LogP contribution in [0.5, 0.6) is 0 Å². The molecule has 0 bridgehead atoms. The Kier molecular flexibility index (Phi) is 2.02. The Labute approximate surface area is 79.4 Å². The van der Waals surface area contributed by atoms with Crippen LogP contribution in [0.2, 0.25) is 5.15 Å². The van der Waals surface area contributed by atoms with Gasteiger partial charge in [0.25, 0.3) is 0 Å². The van der Waals surface area contributed by atoms with E-state index < -0.39 is 0 Å². The Balaban J connectivity index is 2.53. The number of H-pyrrole nitrogens is 1. The van der Waals surface area contributed by atoms with Gasteiger partial charge in [-0.2, -0.15) is 5.10 Å². The highest BCUT2D eigenvalue weighted by atomic mass is 35.5. The predicted octanol–water partition coefficient (Wildman–Crippen LogP) is 2.87. The second-order valence-corrected chi connectivity index (χ2v) is 2.99. The maximum atomic E-state index is 12.8. The van der Waals surface area contributed by atoms with E-state index in [9.17, 15) is 4.39 Å². The summed E-state index contributed by atoms with van der Waals surface area (Å²) in [6, 6.07) is 6.21. The van der Waals surface area contributed by atoms with Gasteiger partial charge in [-0.05, 0) is 17.7 Å². The third-order valence-corrected chi connectivity index (χ3v) is 2.02. The topological polar surface area (TPSA) is 28.7 Å². The van der Waals surface area contributed by atoms with Crippen molar-refractivity contribution in [2.24, 2.45) is 0 Å². The number of nitrogens with one attached hydrogen (secondary N) is 1. The van der Waals surface area contributed by atoms with Crippen LogP contribution < -0.4 is 0 Å². The van der Waals surface area contributed by atoms with Crippen LogP contribution in [0.3, 0.4) is 0 Å². The molecule has 1 aromatic carbocycles. The first-order chi connectivity index (χ1) is 6.27. The van der Waals surface area contributed by atoms with Crippen molar-refractivity contribution in [2.75, 3.05) is 0 Å². The largest absolute Gasteiger partial charge is 0.267 e. The number of hydrogen-bond donors (Lipinski definition) is 1. The van der Waals surface area contributed by atoms with E-state index in [1.807, 2.05) is 0 Å². The highest BCUT2D eigenvalue weighted by Gasteiger charge is 2.05. The van der Waals surface area contributed by atoms with Crippen molar-refractivity contribution in [3.05, 3.63) is 41.4 Å². The molecule has 2 aromatic rings. The number of benzene rings is 1. The molecule has 0 aliphatic rings. The van der Waals surface area contributed by atoms with Crippen molar-refractivity contribution in [3.8, 4) is 11.1 Å². The lowest BCUT2D eigenvalue weighted by Crippen LogP contribution is -1.77. The van der Waals surface area contributed by atoms with E-state index >= 15 is 0 Å². The van der Waals surface area contributed by atoms with Gasteiger partial charge in [-0.15, -0.1) is 0 Å². The predicted molar refractivity (Wildman–Crippen MR) is 49.0 cm³/mol. The molecule has 0 aliphatic heterocycles. The molecule has 0 unspecified atom stereocenters. The molecular formula is C9H6ClFN2. The van der Waals surface area contributed by atoms with Gasteiger partial charge in [-0.1, -0.05) is 23.7 Å². The summed E-state index contributed by atoms with van der Waals surface area (Å²) in [4.78, 5) is 0. The molecule has 0 atom stereocenters. The lowest BCUT2D eigenvalue weighted by atomic mass is 10.1. The molecule has 13 heavy (non-hydrogen) atoms. The van der Waals surface area contributed by atoms with Crippen LogP contribution in [-0.2, 0) is 0 Å². The summed E-state index contributed by atoms with van der Waals surface area (Å²) in [5.41, 5.74) is 1.43. The highest BCUT2D eigenvalue weighted by molar-refractivity contribution is 6.32. The Hall–Kier alpha value is -1.35. The second-order valence-electron chi connectivity index (χ2n) is 2.61. The molecule has 0 amide bonds. The fourth-order valence-corrected chi connectivity index (χ4v) is 1.33. The van der Waals surface area contributed by atoms with Crippen molar-refractivity contribution in [3.63, 3.8) is 0 Å². The van der Waals surface area contributed by atoms with Gasteiger partial charge < -0.3 is 0 Å². The van der Waals surface area contributed by atoms with E-state index in [2.05, 4.69) is 10.2 Å². The zero-order valence-corrected chi connectivity index (χ0v) is 7.35. The molecule has 2 nitrogen and oxygen atoms in total. The minimum Gasteiger partial charge on any atom is -0.267 e. The van der Waals surface area contributed by atoms with E-state index in [-0.39, 0.29) is 5.82 Å². The first-order valence-electron chi connectivity index (χ1n) is 3.72. The number of nitrogens with zero attached hydrogens (tertiary/aromatic N) is 1. The molecule has 0 saturated carbocycles. The number of halogens is 2. The van der Waals surface area contributed by atoms with Crippen LogP contribution in [0.25, 0.3) is 11.1 Å². The lowest BCUT2D eigenvalue weighted by molar-refractivity contribution is 0.628. The van der Waals surface area contributed by atoms with Gasteiger partial charge in [-0.3, -0.25) is 5.10 Å². The van der Waals surface area contributed by atoms with Crippen LogP contribution >= 0.6 is 11.6 Å². The molecule has 0 aliphatic carbocycles. The van der Waals surface area contributed by atoms with Gasteiger partial charge in [0.1, 0.15) is 11.0 Å². The molecule has 4 heteroatoms. The van der Waals surface area contributed by atoms with Crippen molar-refractivity contribution in [1.29, 1.82) is 0 Å². The fraction of sp³-hybridized carbons (Fsp3) is 0. The Bertz CT molecular complexity index is 425. The number of rotatable bonds is 1. The molecule has 1 N–H and O–H groups in total. The van der Waals surface area contributed by atoms with E-state index in [1.54, 1.807) is 18.3 Å². The van der Waals surface area contributed by atoms with Gasteiger partial charge in [0.15, 0.2) is 0 Å². The number of aromatic amines is 1. The lowest BCUT2D eigenvalue weighted by Gasteiger charge is -1.97. The van der Waals surface area contributed by atoms with E-state index in [0.717, 1.165) is 5.56 Å². The van der Waals surface area contributed by atoms with Crippen LogP contribution in [0.1, 0.15) is 0 Å². The highest BCUT2D eigenvalue weighted by Crippen LogP contribution is 2.25. The summed E-state index contributed by atoms with van der Waals surface area (Å²) in [6.45, 7) is 0. The summed E-state index contributed by atoms with van der Waals surface area (Å²) >= 11 is 5.79. The molecule has 1 aromatic heterocycles. The first kappa shape index (κ1) is 8.26. The average Bonchev–Trinajstić information content (AvgIpc) is 2.51. The Morgan fingerprint density at radius 3 is 2.85 bits per heavy atom. The number of hydrogen-bond acceptors (Lipinski definition) is 1. The van der Waals surface area contributed by atoms with Gasteiger partial charge in [0, 0.05) is 5.56 Å². The molecule has 66 valence electrons. The fourth-order valence-electron chi connectivity index (χ4n) is 1.13. The monoisotopic (exact) mass is 196 g/mol. The smallest absolute Gasteiger partial charge is 0.132 e.